The first-order valence-corrected chi connectivity index (χ1v) is 12.1. The first-order chi connectivity index (χ1) is 18.0. The summed E-state index contributed by atoms with van der Waals surface area (Å²) in [7, 11) is 0. The minimum atomic E-state index is -0.999. The lowest BCUT2D eigenvalue weighted by molar-refractivity contribution is -0.130. The number of benzene rings is 3. The van der Waals surface area contributed by atoms with Gasteiger partial charge in [-0.05, 0) is 46.0 Å². The molecule has 1 aromatic heterocycles. The second kappa shape index (κ2) is 12.3. The maximum Gasteiger partial charge on any atom is 0.335 e. The molecule has 4 aromatic rings. The number of rotatable bonds is 11. The van der Waals surface area contributed by atoms with Crippen molar-refractivity contribution in [2.45, 2.75) is 26.3 Å². The molecule has 9 nitrogen and oxygen atoms in total. The monoisotopic (exact) mass is 496 g/mol. The molecule has 2 N–H and O–H groups in total. The molecule has 9 heteroatoms. The van der Waals surface area contributed by atoms with Crippen LogP contribution >= 0.6 is 0 Å². The number of amides is 1. The third-order valence-electron chi connectivity index (χ3n) is 5.89. The van der Waals surface area contributed by atoms with Gasteiger partial charge in [0.15, 0.2) is 0 Å². The third-order valence-corrected chi connectivity index (χ3v) is 5.89. The second-order valence-electron chi connectivity index (χ2n) is 8.55. The molecule has 0 atom stereocenters. The zero-order chi connectivity index (χ0) is 26.0. The molecule has 0 unspecified atom stereocenters. The smallest absolute Gasteiger partial charge is 0.335 e. The van der Waals surface area contributed by atoms with Gasteiger partial charge in [0.05, 0.1) is 5.56 Å². The number of aromatic amines is 1. The minimum absolute atomic E-state index is 0.00280. The predicted molar refractivity (Wildman–Crippen MR) is 141 cm³/mol. The number of aromatic carboxylic acids is 1. The largest absolute Gasteiger partial charge is 0.478 e. The average molecular weight is 497 g/mol. The number of aliphatic imine (C=N–C) groups is 1. The summed E-state index contributed by atoms with van der Waals surface area (Å²) >= 11 is 0. The maximum absolute atomic E-state index is 13.0. The van der Waals surface area contributed by atoms with Crippen LogP contribution in [-0.2, 0) is 11.3 Å². The molecule has 0 aliphatic rings. The van der Waals surface area contributed by atoms with E-state index < -0.39 is 5.97 Å². The van der Waals surface area contributed by atoms with Crippen LogP contribution in [0.3, 0.4) is 0 Å². The van der Waals surface area contributed by atoms with E-state index >= 15 is 0 Å². The maximum atomic E-state index is 13.0. The summed E-state index contributed by atoms with van der Waals surface area (Å²) < 4.78 is 0. The quantitative estimate of drug-likeness (QED) is 0.295. The number of nitrogens with one attached hydrogen (secondary N) is 1. The molecule has 3 aromatic carbocycles. The topological polar surface area (TPSA) is 124 Å². The van der Waals surface area contributed by atoms with Crippen LogP contribution in [0.25, 0.3) is 22.5 Å². The standard InChI is InChI=1S/C28H28N6O3/c1-2-3-15-34(26(35)18-29-17-21-7-6-8-23(16-21)28(36)37)19-20-11-13-22(14-12-20)24-9-4-5-10-25(24)27-30-32-33-31-27/h4-14,16-17H,2-3,15,18-19H2,1H3,(H,36,37)(H,30,31,32,33). The van der Waals surface area contributed by atoms with Crippen molar-refractivity contribution in [1.82, 2.24) is 25.5 Å². The van der Waals surface area contributed by atoms with Gasteiger partial charge in [0.2, 0.25) is 11.7 Å². The van der Waals surface area contributed by atoms with Crippen molar-refractivity contribution in [2.24, 2.45) is 4.99 Å². The van der Waals surface area contributed by atoms with Crippen LogP contribution in [0.4, 0.5) is 0 Å². The molecular formula is C28H28N6O3. The zero-order valence-electron chi connectivity index (χ0n) is 20.5. The lowest BCUT2D eigenvalue weighted by atomic mass is 9.98. The molecule has 188 valence electrons. The molecule has 37 heavy (non-hydrogen) atoms. The highest BCUT2D eigenvalue weighted by molar-refractivity contribution is 5.91. The Morgan fingerprint density at radius 3 is 2.51 bits per heavy atom. The molecule has 0 saturated heterocycles. The SMILES string of the molecule is CCCCN(Cc1ccc(-c2ccccc2-c2nn[nH]n2)cc1)C(=O)CN=Cc1cccc(C(=O)O)c1. The number of carboxylic acids is 1. The van der Waals surface area contributed by atoms with E-state index in [0.717, 1.165) is 35.1 Å². The summed E-state index contributed by atoms with van der Waals surface area (Å²) in [6.07, 6.45) is 3.41. The Labute approximate surface area is 214 Å². The summed E-state index contributed by atoms with van der Waals surface area (Å²) in [5.41, 5.74) is 4.74. The Bertz CT molecular complexity index is 1370. The number of hydrogen-bond donors (Lipinski definition) is 2. The molecule has 4 rings (SSSR count). The molecule has 1 heterocycles. The van der Waals surface area contributed by atoms with Gasteiger partial charge < -0.3 is 10.0 Å². The van der Waals surface area contributed by atoms with Crippen LogP contribution in [0.2, 0.25) is 0 Å². The second-order valence-corrected chi connectivity index (χ2v) is 8.55. The Morgan fingerprint density at radius 1 is 1.03 bits per heavy atom. The van der Waals surface area contributed by atoms with E-state index in [1.54, 1.807) is 12.1 Å². The Balaban J connectivity index is 1.44. The molecule has 0 aliphatic carbocycles. The van der Waals surface area contributed by atoms with E-state index in [4.69, 9.17) is 5.11 Å². The number of tetrazole rings is 1. The van der Waals surface area contributed by atoms with E-state index in [9.17, 15) is 9.59 Å². The van der Waals surface area contributed by atoms with E-state index in [2.05, 4.69) is 32.5 Å². The Hall–Kier alpha value is -4.66. The van der Waals surface area contributed by atoms with Crippen molar-refractivity contribution >= 4 is 18.1 Å². The summed E-state index contributed by atoms with van der Waals surface area (Å²) in [6.45, 7) is 3.21. The fourth-order valence-electron chi connectivity index (χ4n) is 3.94. The fourth-order valence-corrected chi connectivity index (χ4v) is 3.94. The van der Waals surface area contributed by atoms with Crippen LogP contribution in [-0.4, -0.2) is 61.8 Å². The van der Waals surface area contributed by atoms with Gasteiger partial charge in [0, 0.05) is 24.9 Å². The number of unbranched alkanes of at least 4 members (excludes halogenated alkanes) is 1. The number of H-pyrrole nitrogens is 1. The van der Waals surface area contributed by atoms with E-state index in [-0.39, 0.29) is 18.0 Å². The number of carboxylic acid groups (broad SMARTS) is 1. The lowest BCUT2D eigenvalue weighted by Gasteiger charge is -2.22. The number of hydrogen-bond acceptors (Lipinski definition) is 6. The van der Waals surface area contributed by atoms with Gasteiger partial charge in [-0.25, -0.2) is 4.79 Å². The van der Waals surface area contributed by atoms with Crippen molar-refractivity contribution < 1.29 is 14.7 Å². The van der Waals surface area contributed by atoms with Gasteiger partial charge in [-0.1, -0.05) is 74.0 Å². The third kappa shape index (κ3) is 6.72. The molecule has 1 amide bonds. The van der Waals surface area contributed by atoms with Crippen molar-refractivity contribution in [3.63, 3.8) is 0 Å². The van der Waals surface area contributed by atoms with Crippen molar-refractivity contribution in [2.75, 3.05) is 13.1 Å². The highest BCUT2D eigenvalue weighted by Gasteiger charge is 2.14. The van der Waals surface area contributed by atoms with Crippen LogP contribution in [0.15, 0.2) is 77.8 Å². The number of nitrogens with zero attached hydrogens (tertiary/aromatic N) is 5. The first-order valence-electron chi connectivity index (χ1n) is 12.1. The van der Waals surface area contributed by atoms with Crippen molar-refractivity contribution in [1.29, 1.82) is 0 Å². The Morgan fingerprint density at radius 2 is 1.81 bits per heavy atom. The van der Waals surface area contributed by atoms with Gasteiger partial charge in [0.1, 0.15) is 6.54 Å². The molecule has 0 bridgehead atoms. The number of carbonyl (C=O) groups is 2. The van der Waals surface area contributed by atoms with Crippen LogP contribution in [0.1, 0.15) is 41.3 Å². The van der Waals surface area contributed by atoms with Gasteiger partial charge >= 0.3 is 5.97 Å². The Kier molecular flexibility index (Phi) is 8.49. The van der Waals surface area contributed by atoms with Gasteiger partial charge in [-0.3, -0.25) is 9.79 Å². The molecule has 0 radical (unpaired) electrons. The average Bonchev–Trinajstić information content (AvgIpc) is 3.46. The number of aromatic nitrogens is 4. The molecule has 0 fully saturated rings. The van der Waals surface area contributed by atoms with Gasteiger partial charge in [-0.15, -0.1) is 10.2 Å². The number of carbonyl (C=O) groups excluding carboxylic acids is 1. The van der Waals surface area contributed by atoms with Gasteiger partial charge in [0.25, 0.3) is 0 Å². The van der Waals surface area contributed by atoms with E-state index in [1.807, 2.05) is 53.4 Å². The van der Waals surface area contributed by atoms with E-state index in [0.29, 0.717) is 24.5 Å². The fraction of sp³-hybridized carbons (Fsp3) is 0.214. The molecular weight excluding hydrogens is 468 g/mol. The normalized spacial score (nSPS) is 11.1. The summed E-state index contributed by atoms with van der Waals surface area (Å²) in [5.74, 6) is -0.543. The predicted octanol–water partition coefficient (Wildman–Crippen LogP) is 4.48. The molecule has 0 saturated carbocycles. The van der Waals surface area contributed by atoms with Crippen LogP contribution < -0.4 is 0 Å². The highest BCUT2D eigenvalue weighted by atomic mass is 16.4. The highest BCUT2D eigenvalue weighted by Crippen LogP contribution is 2.29. The minimum Gasteiger partial charge on any atom is -0.478 e. The zero-order valence-corrected chi connectivity index (χ0v) is 20.5. The lowest BCUT2D eigenvalue weighted by Crippen LogP contribution is -2.33. The molecule has 0 spiro atoms. The van der Waals surface area contributed by atoms with Crippen molar-refractivity contribution in [3.05, 3.63) is 89.5 Å². The summed E-state index contributed by atoms with van der Waals surface area (Å²) in [4.78, 5) is 30.2. The van der Waals surface area contributed by atoms with Crippen LogP contribution in [0, 0.1) is 0 Å². The molecule has 0 aliphatic heterocycles. The first kappa shape index (κ1) is 25.4. The van der Waals surface area contributed by atoms with Crippen molar-refractivity contribution in [3.8, 4) is 22.5 Å². The van der Waals surface area contributed by atoms with Crippen LogP contribution in [0.5, 0.6) is 0 Å². The summed E-state index contributed by atoms with van der Waals surface area (Å²) in [6, 6.07) is 22.5. The van der Waals surface area contributed by atoms with E-state index in [1.165, 1.54) is 18.3 Å². The van der Waals surface area contributed by atoms with Gasteiger partial charge in [-0.2, -0.15) is 5.21 Å². The summed E-state index contributed by atoms with van der Waals surface area (Å²) in [5, 5.41) is 23.5.